The Morgan fingerprint density at radius 2 is 1.20 bits per heavy atom. The number of rotatable bonds is 2. The third-order valence-corrected chi connectivity index (χ3v) is 2.57. The van der Waals surface area contributed by atoms with Gasteiger partial charge in [-0.3, -0.25) is 0 Å². The maximum absolute atomic E-state index is 4.43. The maximum Gasteiger partial charge on any atom is 0.220 e. The molecule has 0 N–H and O–H groups in total. The van der Waals surface area contributed by atoms with Crippen molar-refractivity contribution >= 4 is 29.4 Å². The Bertz CT molecular complexity index is 636. The van der Waals surface area contributed by atoms with E-state index in [-0.39, 0.29) is 0 Å². The highest BCUT2D eigenvalue weighted by molar-refractivity contribution is 6.43. The van der Waals surface area contributed by atoms with Gasteiger partial charge in [-0.15, -0.1) is 10.2 Å². The minimum Gasteiger partial charge on any atom is -0.226 e. The number of hydrogen-bond acceptors (Lipinski definition) is 3. The molecule has 0 saturated carbocycles. The van der Waals surface area contributed by atoms with E-state index in [1.165, 1.54) is 6.34 Å². The SMILES string of the molecule is C1=NC(=Nc2ccccc2)C(=Nc2ccccc2)N=N1. The van der Waals surface area contributed by atoms with Crippen LogP contribution in [-0.2, 0) is 0 Å². The van der Waals surface area contributed by atoms with Crippen LogP contribution in [0.1, 0.15) is 0 Å². The summed E-state index contributed by atoms with van der Waals surface area (Å²) in [6, 6.07) is 19.1. The smallest absolute Gasteiger partial charge is 0.220 e. The van der Waals surface area contributed by atoms with Gasteiger partial charge in [0.25, 0.3) is 0 Å². The van der Waals surface area contributed by atoms with Gasteiger partial charge in [0.2, 0.25) is 11.7 Å². The second-order valence-electron chi connectivity index (χ2n) is 4.00. The monoisotopic (exact) mass is 261 g/mol. The number of aliphatic imine (C=N–C) groups is 3. The molecule has 0 radical (unpaired) electrons. The van der Waals surface area contributed by atoms with Gasteiger partial charge < -0.3 is 0 Å². The normalized spacial score (nSPS) is 17.8. The van der Waals surface area contributed by atoms with Crippen LogP contribution in [0.15, 0.2) is 85.9 Å². The zero-order valence-corrected chi connectivity index (χ0v) is 10.6. The molecule has 0 unspecified atom stereocenters. The van der Waals surface area contributed by atoms with Crippen LogP contribution in [0.2, 0.25) is 0 Å². The van der Waals surface area contributed by atoms with Crippen molar-refractivity contribution in [3.8, 4) is 0 Å². The zero-order valence-electron chi connectivity index (χ0n) is 10.6. The van der Waals surface area contributed by atoms with Crippen molar-refractivity contribution in [3.63, 3.8) is 0 Å². The van der Waals surface area contributed by atoms with Crippen LogP contribution in [0.25, 0.3) is 0 Å². The molecule has 1 heterocycles. The first-order valence-electron chi connectivity index (χ1n) is 6.13. The number of para-hydroxylation sites is 2. The quantitative estimate of drug-likeness (QED) is 0.786. The van der Waals surface area contributed by atoms with Crippen LogP contribution >= 0.6 is 0 Å². The molecule has 20 heavy (non-hydrogen) atoms. The minimum atomic E-state index is 0.405. The third-order valence-electron chi connectivity index (χ3n) is 2.57. The molecule has 3 rings (SSSR count). The van der Waals surface area contributed by atoms with Crippen molar-refractivity contribution < 1.29 is 0 Å². The lowest BCUT2D eigenvalue weighted by molar-refractivity contribution is 1.30. The van der Waals surface area contributed by atoms with E-state index < -0.39 is 0 Å². The summed E-state index contributed by atoms with van der Waals surface area (Å²) in [4.78, 5) is 13.0. The Labute approximate surface area is 116 Å². The van der Waals surface area contributed by atoms with Gasteiger partial charge in [-0.1, -0.05) is 36.4 Å². The first-order chi connectivity index (χ1) is 9.92. The molecule has 0 aliphatic carbocycles. The van der Waals surface area contributed by atoms with Crippen molar-refractivity contribution in [3.05, 3.63) is 60.7 Å². The largest absolute Gasteiger partial charge is 0.226 e. The Kier molecular flexibility index (Phi) is 3.51. The van der Waals surface area contributed by atoms with Crippen LogP contribution in [0, 0.1) is 0 Å². The van der Waals surface area contributed by atoms with Crippen LogP contribution in [0.4, 0.5) is 11.4 Å². The van der Waals surface area contributed by atoms with E-state index in [1.807, 2.05) is 60.7 Å². The molecular weight excluding hydrogens is 250 g/mol. The topological polar surface area (TPSA) is 61.8 Å². The van der Waals surface area contributed by atoms with E-state index in [1.54, 1.807) is 0 Å². The average Bonchev–Trinajstić information content (AvgIpc) is 2.51. The molecule has 0 fully saturated rings. The number of azo groups is 1. The Balaban J connectivity index is 1.97. The number of hydrogen-bond donors (Lipinski definition) is 0. The van der Waals surface area contributed by atoms with E-state index in [4.69, 9.17) is 0 Å². The summed E-state index contributed by atoms with van der Waals surface area (Å²) in [5, 5.41) is 7.77. The first-order valence-corrected chi connectivity index (χ1v) is 6.13. The van der Waals surface area contributed by atoms with Gasteiger partial charge in [-0.25, -0.2) is 15.0 Å². The van der Waals surface area contributed by atoms with Gasteiger partial charge in [-0.05, 0) is 24.3 Å². The minimum absolute atomic E-state index is 0.405. The molecule has 0 aromatic heterocycles. The van der Waals surface area contributed by atoms with Crippen molar-refractivity contribution in [2.24, 2.45) is 25.2 Å². The maximum atomic E-state index is 4.43. The summed E-state index contributed by atoms with van der Waals surface area (Å²) >= 11 is 0. The molecule has 0 saturated heterocycles. The fourth-order valence-electron chi connectivity index (χ4n) is 1.66. The highest BCUT2D eigenvalue weighted by Crippen LogP contribution is 2.15. The summed E-state index contributed by atoms with van der Waals surface area (Å²) in [5.74, 6) is 0.859. The zero-order chi connectivity index (χ0) is 13.6. The fourth-order valence-corrected chi connectivity index (χ4v) is 1.66. The van der Waals surface area contributed by atoms with Crippen molar-refractivity contribution in [1.29, 1.82) is 0 Å². The van der Waals surface area contributed by atoms with E-state index >= 15 is 0 Å². The molecule has 1 aliphatic rings. The Morgan fingerprint density at radius 1 is 0.650 bits per heavy atom. The van der Waals surface area contributed by atoms with Crippen LogP contribution in [0.3, 0.4) is 0 Å². The lowest BCUT2D eigenvalue weighted by Gasteiger charge is -2.03. The van der Waals surface area contributed by atoms with Gasteiger partial charge in [0.1, 0.15) is 6.34 Å². The molecule has 5 heteroatoms. The predicted molar refractivity (Wildman–Crippen MR) is 80.4 cm³/mol. The molecular formula is C15H11N5. The molecule has 2 aromatic carbocycles. The van der Waals surface area contributed by atoms with E-state index in [0.717, 1.165) is 11.4 Å². The van der Waals surface area contributed by atoms with Crippen LogP contribution < -0.4 is 0 Å². The summed E-state index contributed by atoms with van der Waals surface area (Å²) in [7, 11) is 0. The van der Waals surface area contributed by atoms with E-state index in [2.05, 4.69) is 25.2 Å². The average molecular weight is 261 g/mol. The highest BCUT2D eigenvalue weighted by atomic mass is 15.2. The van der Waals surface area contributed by atoms with E-state index in [0.29, 0.717) is 11.7 Å². The molecule has 1 aliphatic heterocycles. The van der Waals surface area contributed by atoms with Gasteiger partial charge >= 0.3 is 0 Å². The van der Waals surface area contributed by atoms with Gasteiger partial charge in [0.05, 0.1) is 11.4 Å². The summed E-state index contributed by atoms with van der Waals surface area (Å²) < 4.78 is 0. The number of benzene rings is 2. The van der Waals surface area contributed by atoms with Gasteiger partial charge in [0, 0.05) is 0 Å². The lowest BCUT2D eigenvalue weighted by atomic mass is 10.3. The molecule has 5 nitrogen and oxygen atoms in total. The molecule has 0 bridgehead atoms. The number of nitrogens with zero attached hydrogens (tertiary/aromatic N) is 5. The molecule has 0 amide bonds. The molecule has 2 aromatic rings. The standard InChI is InChI=1S/C15H11N5/c1-3-7-12(8-4-1)18-14-15(20-17-11-16-14)19-13-9-5-2-6-10-13/h1-11H. The Hall–Kier alpha value is -2.95. The summed E-state index contributed by atoms with van der Waals surface area (Å²) in [6.07, 6.45) is 1.37. The lowest BCUT2D eigenvalue weighted by Crippen LogP contribution is -2.11. The van der Waals surface area contributed by atoms with Gasteiger partial charge in [0.15, 0.2) is 0 Å². The summed E-state index contributed by atoms with van der Waals surface area (Å²) in [5.41, 5.74) is 1.59. The molecule has 0 spiro atoms. The van der Waals surface area contributed by atoms with Gasteiger partial charge in [-0.2, -0.15) is 0 Å². The molecule has 96 valence electrons. The van der Waals surface area contributed by atoms with E-state index in [9.17, 15) is 0 Å². The van der Waals surface area contributed by atoms with Crippen LogP contribution in [0.5, 0.6) is 0 Å². The van der Waals surface area contributed by atoms with Crippen molar-refractivity contribution in [1.82, 2.24) is 0 Å². The second kappa shape index (κ2) is 5.79. The van der Waals surface area contributed by atoms with Crippen molar-refractivity contribution in [2.75, 3.05) is 0 Å². The van der Waals surface area contributed by atoms with Crippen LogP contribution in [-0.4, -0.2) is 18.0 Å². The second-order valence-corrected chi connectivity index (χ2v) is 4.00. The highest BCUT2D eigenvalue weighted by Gasteiger charge is 2.10. The van der Waals surface area contributed by atoms with Crippen molar-refractivity contribution in [2.45, 2.75) is 0 Å². The summed E-state index contributed by atoms with van der Waals surface area (Å²) in [6.45, 7) is 0. The number of amidine groups is 2. The third kappa shape index (κ3) is 2.89. The fraction of sp³-hybridized carbons (Fsp3) is 0. The Morgan fingerprint density at radius 3 is 1.80 bits per heavy atom. The predicted octanol–water partition coefficient (Wildman–Crippen LogP) is 3.94. The molecule has 0 atom stereocenters. The first kappa shape index (κ1) is 12.1.